The van der Waals surface area contributed by atoms with Crippen molar-refractivity contribution in [2.75, 3.05) is 11.9 Å². The zero-order valence-electron chi connectivity index (χ0n) is 9.92. The summed E-state index contributed by atoms with van der Waals surface area (Å²) in [6.07, 6.45) is 1.14. The molecule has 0 aliphatic rings. The lowest BCUT2D eigenvalue weighted by Crippen LogP contribution is -2.31. The van der Waals surface area contributed by atoms with Crippen molar-refractivity contribution in [1.82, 2.24) is 4.90 Å². The fraction of sp³-hybridized carbons (Fsp3) is 0.538. The minimum Gasteiger partial charge on any atom is -0.297 e. The van der Waals surface area contributed by atoms with E-state index in [1.807, 2.05) is 12.1 Å². The molecule has 0 radical (unpaired) electrons. The van der Waals surface area contributed by atoms with Crippen LogP contribution in [0.15, 0.2) is 24.3 Å². The highest BCUT2D eigenvalue weighted by atomic mass is 79.9. The van der Waals surface area contributed by atoms with E-state index in [1.165, 1.54) is 17.7 Å². The van der Waals surface area contributed by atoms with Crippen LogP contribution in [-0.2, 0) is 6.54 Å². The molecule has 0 saturated heterocycles. The smallest absolute Gasteiger partial charge is 0.123 e. The van der Waals surface area contributed by atoms with E-state index >= 15 is 0 Å². The number of hydrogen-bond donors (Lipinski definition) is 0. The first kappa shape index (κ1) is 13.7. The van der Waals surface area contributed by atoms with Crippen LogP contribution in [0.1, 0.15) is 25.8 Å². The number of nitrogens with zero attached hydrogens (tertiary/aromatic N) is 1. The van der Waals surface area contributed by atoms with Gasteiger partial charge in [-0.3, -0.25) is 4.90 Å². The van der Waals surface area contributed by atoms with Crippen LogP contribution in [0.3, 0.4) is 0 Å². The Balaban J connectivity index is 2.57. The third-order valence-corrected chi connectivity index (χ3v) is 3.17. The van der Waals surface area contributed by atoms with Crippen molar-refractivity contribution in [1.29, 1.82) is 0 Å². The van der Waals surface area contributed by atoms with Gasteiger partial charge in [-0.2, -0.15) is 0 Å². The summed E-state index contributed by atoms with van der Waals surface area (Å²) in [7, 11) is 0. The minimum absolute atomic E-state index is 0.166. The second kappa shape index (κ2) is 7.02. The summed E-state index contributed by atoms with van der Waals surface area (Å²) in [5.74, 6) is -0.166. The van der Waals surface area contributed by atoms with Crippen LogP contribution >= 0.6 is 15.9 Å². The van der Waals surface area contributed by atoms with E-state index in [0.717, 1.165) is 24.8 Å². The Kier molecular flexibility index (Phi) is 5.99. The maximum Gasteiger partial charge on any atom is 0.123 e. The lowest BCUT2D eigenvalue weighted by atomic mass is 10.2. The fourth-order valence-corrected chi connectivity index (χ4v) is 1.86. The van der Waals surface area contributed by atoms with E-state index < -0.39 is 0 Å². The summed E-state index contributed by atoms with van der Waals surface area (Å²) < 4.78 is 12.8. The van der Waals surface area contributed by atoms with Crippen molar-refractivity contribution >= 4 is 15.9 Å². The summed E-state index contributed by atoms with van der Waals surface area (Å²) in [4.78, 5) is 2.40. The van der Waals surface area contributed by atoms with Crippen LogP contribution in [0.4, 0.5) is 4.39 Å². The highest BCUT2D eigenvalue weighted by molar-refractivity contribution is 9.09. The van der Waals surface area contributed by atoms with E-state index in [9.17, 15) is 4.39 Å². The van der Waals surface area contributed by atoms with Crippen LogP contribution in [0, 0.1) is 5.82 Å². The van der Waals surface area contributed by atoms with Gasteiger partial charge in [-0.1, -0.05) is 28.1 Å². The van der Waals surface area contributed by atoms with Gasteiger partial charge in [-0.15, -0.1) is 0 Å². The SMILES string of the molecule is CC(C)N(CCCBr)Cc1ccc(F)cc1. The van der Waals surface area contributed by atoms with Gasteiger partial charge in [-0.25, -0.2) is 4.39 Å². The van der Waals surface area contributed by atoms with Gasteiger partial charge in [0.05, 0.1) is 0 Å². The number of hydrogen-bond acceptors (Lipinski definition) is 1. The fourth-order valence-electron chi connectivity index (χ4n) is 1.61. The van der Waals surface area contributed by atoms with E-state index in [1.54, 1.807) is 0 Å². The van der Waals surface area contributed by atoms with Gasteiger partial charge in [0.15, 0.2) is 0 Å². The summed E-state index contributed by atoms with van der Waals surface area (Å²) >= 11 is 3.45. The Labute approximate surface area is 106 Å². The van der Waals surface area contributed by atoms with E-state index in [2.05, 4.69) is 34.7 Å². The molecule has 0 N–H and O–H groups in total. The van der Waals surface area contributed by atoms with E-state index in [0.29, 0.717) is 6.04 Å². The number of halogens is 2. The molecule has 16 heavy (non-hydrogen) atoms. The normalized spacial score (nSPS) is 11.4. The minimum atomic E-state index is -0.166. The molecule has 0 amide bonds. The monoisotopic (exact) mass is 287 g/mol. The summed E-state index contributed by atoms with van der Waals surface area (Å²) in [5.41, 5.74) is 1.17. The molecule has 1 rings (SSSR count). The molecular formula is C13H19BrFN. The lowest BCUT2D eigenvalue weighted by Gasteiger charge is -2.26. The van der Waals surface area contributed by atoms with Crippen LogP contribution in [-0.4, -0.2) is 22.8 Å². The molecule has 1 aromatic carbocycles. The Bertz CT molecular complexity index is 297. The Morgan fingerprint density at radius 3 is 2.38 bits per heavy atom. The molecule has 90 valence electrons. The summed E-state index contributed by atoms with van der Waals surface area (Å²) in [6.45, 7) is 6.35. The molecule has 0 atom stereocenters. The Morgan fingerprint density at radius 2 is 1.88 bits per heavy atom. The maximum absolute atomic E-state index is 12.8. The number of rotatable bonds is 6. The van der Waals surface area contributed by atoms with Crippen molar-refractivity contribution in [3.63, 3.8) is 0 Å². The number of alkyl halides is 1. The molecule has 0 fully saturated rings. The zero-order valence-corrected chi connectivity index (χ0v) is 11.5. The first-order valence-corrected chi connectivity index (χ1v) is 6.80. The van der Waals surface area contributed by atoms with Crippen molar-refractivity contribution in [2.24, 2.45) is 0 Å². The zero-order chi connectivity index (χ0) is 12.0. The van der Waals surface area contributed by atoms with Gasteiger partial charge >= 0.3 is 0 Å². The lowest BCUT2D eigenvalue weighted by molar-refractivity contribution is 0.214. The molecule has 0 bridgehead atoms. The molecule has 1 nitrogen and oxygen atoms in total. The first-order chi connectivity index (χ1) is 7.63. The van der Waals surface area contributed by atoms with Crippen LogP contribution < -0.4 is 0 Å². The molecule has 0 unspecified atom stereocenters. The van der Waals surface area contributed by atoms with Gasteiger partial charge in [0.25, 0.3) is 0 Å². The predicted octanol–water partition coefficient (Wildman–Crippen LogP) is 3.82. The molecule has 0 saturated carbocycles. The molecule has 0 aliphatic heterocycles. The van der Waals surface area contributed by atoms with Crippen molar-refractivity contribution in [3.8, 4) is 0 Å². The van der Waals surface area contributed by atoms with Gasteiger partial charge in [0, 0.05) is 17.9 Å². The van der Waals surface area contributed by atoms with Gasteiger partial charge in [0.1, 0.15) is 5.82 Å². The third kappa shape index (κ3) is 4.62. The Hall–Kier alpha value is -0.410. The van der Waals surface area contributed by atoms with Crippen LogP contribution in [0.5, 0.6) is 0 Å². The van der Waals surface area contributed by atoms with E-state index in [-0.39, 0.29) is 5.82 Å². The molecule has 3 heteroatoms. The first-order valence-electron chi connectivity index (χ1n) is 5.68. The highest BCUT2D eigenvalue weighted by Crippen LogP contribution is 2.10. The van der Waals surface area contributed by atoms with Crippen molar-refractivity contribution in [3.05, 3.63) is 35.6 Å². The topological polar surface area (TPSA) is 3.24 Å². The third-order valence-electron chi connectivity index (χ3n) is 2.61. The van der Waals surface area contributed by atoms with Gasteiger partial charge < -0.3 is 0 Å². The molecule has 1 aromatic rings. The highest BCUT2D eigenvalue weighted by Gasteiger charge is 2.09. The summed E-state index contributed by atoms with van der Waals surface area (Å²) in [5, 5.41) is 1.03. The molecule has 0 aromatic heterocycles. The average molecular weight is 288 g/mol. The van der Waals surface area contributed by atoms with Crippen LogP contribution in [0.2, 0.25) is 0 Å². The largest absolute Gasteiger partial charge is 0.297 e. The molecule has 0 heterocycles. The predicted molar refractivity (Wildman–Crippen MR) is 70.4 cm³/mol. The van der Waals surface area contributed by atoms with E-state index in [4.69, 9.17) is 0 Å². The molecule has 0 spiro atoms. The number of benzene rings is 1. The van der Waals surface area contributed by atoms with Gasteiger partial charge in [0.2, 0.25) is 0 Å². The maximum atomic E-state index is 12.8. The second-order valence-corrected chi connectivity index (χ2v) is 5.03. The average Bonchev–Trinajstić information content (AvgIpc) is 2.26. The standard InChI is InChI=1S/C13H19BrFN/c1-11(2)16(9-3-8-14)10-12-4-6-13(15)7-5-12/h4-7,11H,3,8-10H2,1-2H3. The molecule has 0 aliphatic carbocycles. The van der Waals surface area contributed by atoms with Crippen molar-refractivity contribution in [2.45, 2.75) is 32.9 Å². The van der Waals surface area contributed by atoms with Crippen LogP contribution in [0.25, 0.3) is 0 Å². The van der Waals surface area contributed by atoms with Crippen molar-refractivity contribution < 1.29 is 4.39 Å². The van der Waals surface area contributed by atoms with Gasteiger partial charge in [-0.05, 0) is 44.5 Å². The second-order valence-electron chi connectivity index (χ2n) is 4.23. The molecular weight excluding hydrogens is 269 g/mol. The quantitative estimate of drug-likeness (QED) is 0.719. The Morgan fingerprint density at radius 1 is 1.25 bits per heavy atom. The summed E-state index contributed by atoms with van der Waals surface area (Å²) in [6, 6.07) is 7.29.